The molecule has 0 heterocycles. The number of carbonyl (C=O) groups excluding carboxylic acids is 3. The standard InChI is InChI=1S/C32H25ClFN3O5S/c1-19(29(38)36-23-13-16-26(33)25(18-23)32(41)42)43-24-14-11-22(12-15-24)35-31(40)28(17-21-9-5-6-10-27(21)34)37-30(39)20-7-3-2-4-8-20/h2-19H,1H3,(H,35,40)(H,36,38)(H,37,39)(H,41,42)/b28-17-. The zero-order chi connectivity index (χ0) is 30.9. The Morgan fingerprint density at radius 2 is 1.51 bits per heavy atom. The van der Waals surface area contributed by atoms with Crippen LogP contribution in [0.3, 0.4) is 0 Å². The van der Waals surface area contributed by atoms with Crippen LogP contribution < -0.4 is 16.0 Å². The summed E-state index contributed by atoms with van der Waals surface area (Å²) in [6.07, 6.45) is 1.26. The quantitative estimate of drug-likeness (QED) is 0.116. The Morgan fingerprint density at radius 1 is 0.860 bits per heavy atom. The van der Waals surface area contributed by atoms with Gasteiger partial charge in [-0.3, -0.25) is 14.4 Å². The van der Waals surface area contributed by atoms with E-state index in [9.17, 15) is 28.7 Å². The van der Waals surface area contributed by atoms with Crippen LogP contribution in [0.25, 0.3) is 6.08 Å². The van der Waals surface area contributed by atoms with Gasteiger partial charge >= 0.3 is 5.97 Å². The zero-order valence-electron chi connectivity index (χ0n) is 22.6. The first kappa shape index (κ1) is 31.0. The summed E-state index contributed by atoms with van der Waals surface area (Å²) in [5.74, 6) is -3.30. The Kier molecular flexibility index (Phi) is 10.3. The normalized spacial score (nSPS) is 11.7. The SMILES string of the molecule is CC(Sc1ccc(NC(=O)/C(=C/c2ccccc2F)NC(=O)c2ccccc2)cc1)C(=O)Nc1ccc(Cl)c(C(=O)O)c1. The van der Waals surface area contributed by atoms with Crippen LogP contribution in [0.4, 0.5) is 15.8 Å². The molecule has 3 amide bonds. The van der Waals surface area contributed by atoms with Crippen molar-refractivity contribution in [2.75, 3.05) is 10.6 Å². The highest BCUT2D eigenvalue weighted by Gasteiger charge is 2.18. The predicted octanol–water partition coefficient (Wildman–Crippen LogP) is 6.71. The third-order valence-corrected chi connectivity index (χ3v) is 7.43. The topological polar surface area (TPSA) is 125 Å². The molecule has 0 radical (unpaired) electrons. The van der Waals surface area contributed by atoms with Crippen LogP contribution in [0, 0.1) is 5.82 Å². The van der Waals surface area contributed by atoms with Crippen LogP contribution in [-0.4, -0.2) is 34.0 Å². The lowest BCUT2D eigenvalue weighted by Gasteiger charge is -2.14. The maximum absolute atomic E-state index is 14.3. The van der Waals surface area contributed by atoms with Crippen molar-refractivity contribution in [1.82, 2.24) is 5.32 Å². The summed E-state index contributed by atoms with van der Waals surface area (Å²) in [6.45, 7) is 1.69. The van der Waals surface area contributed by atoms with Gasteiger partial charge in [0.05, 0.1) is 15.8 Å². The molecule has 4 aromatic rings. The van der Waals surface area contributed by atoms with E-state index >= 15 is 0 Å². The van der Waals surface area contributed by atoms with E-state index in [2.05, 4.69) is 16.0 Å². The Morgan fingerprint density at radius 3 is 2.19 bits per heavy atom. The number of halogens is 2. The monoisotopic (exact) mass is 617 g/mol. The van der Waals surface area contributed by atoms with Gasteiger partial charge in [-0.1, -0.05) is 48.0 Å². The summed E-state index contributed by atoms with van der Waals surface area (Å²) in [6, 6.07) is 25.0. The minimum Gasteiger partial charge on any atom is -0.478 e. The van der Waals surface area contributed by atoms with Crippen LogP contribution in [0.1, 0.15) is 33.2 Å². The Balaban J connectivity index is 1.43. The van der Waals surface area contributed by atoms with Gasteiger partial charge < -0.3 is 21.1 Å². The molecule has 8 nitrogen and oxygen atoms in total. The molecule has 0 aliphatic carbocycles. The number of carboxylic acids is 1. The molecule has 11 heteroatoms. The average molecular weight is 618 g/mol. The number of thioether (sulfide) groups is 1. The van der Waals surface area contributed by atoms with E-state index in [4.69, 9.17) is 11.6 Å². The van der Waals surface area contributed by atoms with Crippen molar-refractivity contribution in [3.8, 4) is 0 Å². The van der Waals surface area contributed by atoms with Gasteiger partial charge in [-0.2, -0.15) is 0 Å². The lowest BCUT2D eigenvalue weighted by Crippen LogP contribution is -2.30. The molecule has 0 aliphatic heterocycles. The van der Waals surface area contributed by atoms with E-state index < -0.39 is 28.9 Å². The zero-order valence-corrected chi connectivity index (χ0v) is 24.2. The number of anilines is 2. The molecule has 0 aromatic heterocycles. The van der Waals surface area contributed by atoms with E-state index in [1.807, 2.05) is 0 Å². The highest BCUT2D eigenvalue weighted by Crippen LogP contribution is 2.27. The number of carbonyl (C=O) groups is 4. The molecule has 43 heavy (non-hydrogen) atoms. The first-order chi connectivity index (χ1) is 20.6. The summed E-state index contributed by atoms with van der Waals surface area (Å²) in [4.78, 5) is 50.7. The molecule has 4 N–H and O–H groups in total. The van der Waals surface area contributed by atoms with Crippen molar-refractivity contribution < 1.29 is 28.7 Å². The summed E-state index contributed by atoms with van der Waals surface area (Å²) in [7, 11) is 0. The number of aromatic carboxylic acids is 1. The third-order valence-electron chi connectivity index (χ3n) is 5.99. The van der Waals surface area contributed by atoms with Crippen LogP contribution in [0.5, 0.6) is 0 Å². The van der Waals surface area contributed by atoms with Crippen LogP contribution in [0.2, 0.25) is 5.02 Å². The van der Waals surface area contributed by atoms with E-state index in [1.54, 1.807) is 67.6 Å². The van der Waals surface area contributed by atoms with Crippen molar-refractivity contribution in [3.63, 3.8) is 0 Å². The summed E-state index contributed by atoms with van der Waals surface area (Å²) in [5.41, 5.74) is 0.878. The maximum Gasteiger partial charge on any atom is 0.337 e. The van der Waals surface area contributed by atoms with Crippen LogP contribution >= 0.6 is 23.4 Å². The minimum atomic E-state index is -1.20. The molecule has 1 unspecified atom stereocenters. The first-order valence-electron chi connectivity index (χ1n) is 12.8. The number of hydrogen-bond acceptors (Lipinski definition) is 5. The van der Waals surface area contributed by atoms with Gasteiger partial charge in [0, 0.05) is 27.4 Å². The first-order valence-corrected chi connectivity index (χ1v) is 14.1. The second-order valence-electron chi connectivity index (χ2n) is 9.13. The third kappa shape index (κ3) is 8.54. The molecule has 1 atom stereocenters. The van der Waals surface area contributed by atoms with Crippen molar-refractivity contribution in [2.24, 2.45) is 0 Å². The second kappa shape index (κ2) is 14.3. The molecular formula is C32H25ClFN3O5S. The average Bonchev–Trinajstić information content (AvgIpc) is 3.00. The number of rotatable bonds is 10. The smallest absolute Gasteiger partial charge is 0.337 e. The van der Waals surface area contributed by atoms with Gasteiger partial charge in [0.25, 0.3) is 11.8 Å². The fourth-order valence-corrected chi connectivity index (χ4v) is 4.84. The number of amides is 3. The highest BCUT2D eigenvalue weighted by molar-refractivity contribution is 8.00. The summed E-state index contributed by atoms with van der Waals surface area (Å²) < 4.78 is 14.3. The maximum atomic E-state index is 14.3. The minimum absolute atomic E-state index is 0.0634. The fraction of sp³-hybridized carbons (Fsp3) is 0.0625. The van der Waals surface area contributed by atoms with Gasteiger partial charge in [0.15, 0.2) is 0 Å². The Bertz CT molecular complexity index is 1700. The van der Waals surface area contributed by atoms with Crippen molar-refractivity contribution >= 4 is 64.5 Å². The van der Waals surface area contributed by atoms with Crippen LogP contribution in [-0.2, 0) is 9.59 Å². The number of benzene rings is 4. The summed E-state index contributed by atoms with van der Waals surface area (Å²) in [5, 5.41) is 16.7. The van der Waals surface area contributed by atoms with Gasteiger partial charge in [-0.05, 0) is 73.7 Å². The van der Waals surface area contributed by atoms with Gasteiger partial charge in [-0.25, -0.2) is 9.18 Å². The van der Waals surface area contributed by atoms with E-state index in [-0.39, 0.29) is 27.8 Å². The second-order valence-corrected chi connectivity index (χ2v) is 10.9. The number of hydrogen-bond donors (Lipinski definition) is 4. The van der Waals surface area contributed by atoms with Gasteiger partial charge in [-0.15, -0.1) is 11.8 Å². The molecule has 4 aromatic carbocycles. The molecule has 0 fully saturated rings. The van der Waals surface area contributed by atoms with Crippen molar-refractivity contribution in [1.29, 1.82) is 0 Å². The lowest BCUT2D eigenvalue weighted by atomic mass is 10.1. The number of carboxylic acid groups (broad SMARTS) is 1. The predicted molar refractivity (Wildman–Crippen MR) is 166 cm³/mol. The molecular weight excluding hydrogens is 593 g/mol. The van der Waals surface area contributed by atoms with E-state index in [0.717, 1.165) is 4.90 Å². The summed E-state index contributed by atoms with van der Waals surface area (Å²) >= 11 is 7.14. The van der Waals surface area contributed by atoms with Gasteiger partial charge in [0.1, 0.15) is 11.5 Å². The molecule has 0 spiro atoms. The van der Waals surface area contributed by atoms with Gasteiger partial charge in [0.2, 0.25) is 5.91 Å². The lowest BCUT2D eigenvalue weighted by molar-refractivity contribution is -0.115. The largest absolute Gasteiger partial charge is 0.478 e. The molecule has 0 saturated heterocycles. The molecule has 218 valence electrons. The molecule has 0 saturated carbocycles. The Hall–Kier alpha value is -4.93. The molecule has 0 aliphatic rings. The van der Waals surface area contributed by atoms with E-state index in [0.29, 0.717) is 16.9 Å². The van der Waals surface area contributed by atoms with Crippen molar-refractivity contribution in [2.45, 2.75) is 17.1 Å². The van der Waals surface area contributed by atoms with E-state index in [1.165, 1.54) is 54.2 Å². The Labute approximate surface area is 256 Å². The fourth-order valence-electron chi connectivity index (χ4n) is 3.77. The number of nitrogens with one attached hydrogen (secondary N) is 3. The van der Waals surface area contributed by atoms with Crippen molar-refractivity contribution in [3.05, 3.63) is 130 Å². The highest BCUT2D eigenvalue weighted by atomic mass is 35.5. The van der Waals surface area contributed by atoms with Crippen LogP contribution in [0.15, 0.2) is 108 Å². The molecule has 0 bridgehead atoms. The molecule has 4 rings (SSSR count).